The van der Waals surface area contributed by atoms with Crippen molar-refractivity contribution in [3.05, 3.63) is 36.8 Å². The van der Waals surface area contributed by atoms with Crippen LogP contribution >= 0.6 is 0 Å². The molecule has 0 aliphatic heterocycles. The summed E-state index contributed by atoms with van der Waals surface area (Å²) in [5, 5.41) is 4.85. The van der Waals surface area contributed by atoms with Crippen LogP contribution in [0.15, 0.2) is 29.2 Å². The Bertz CT molecular complexity index is 356. The van der Waals surface area contributed by atoms with Gasteiger partial charge in [-0.15, -0.1) is 0 Å². The molecule has 1 aromatic rings. The first-order chi connectivity index (χ1) is 5.02. The van der Waals surface area contributed by atoms with Crippen LogP contribution in [0.4, 0.5) is 0 Å². The van der Waals surface area contributed by atoms with Crippen molar-refractivity contribution in [2.75, 3.05) is 0 Å². The van der Waals surface area contributed by atoms with E-state index in [1.54, 1.807) is 12.1 Å². The van der Waals surface area contributed by atoms with Crippen molar-refractivity contribution in [2.45, 2.75) is 4.90 Å². The van der Waals surface area contributed by atoms with Crippen LogP contribution in [-0.2, 0) is 10.0 Å². The second-order valence-corrected chi connectivity index (χ2v) is 3.61. The number of hydrogen-bond acceptors (Lipinski definition) is 2. The van der Waals surface area contributed by atoms with Crippen molar-refractivity contribution < 1.29 is 8.42 Å². The van der Waals surface area contributed by atoms with Gasteiger partial charge >= 0.3 is 0 Å². The molecule has 0 amide bonds. The van der Waals surface area contributed by atoms with Gasteiger partial charge in [0.1, 0.15) is 0 Å². The summed E-state index contributed by atoms with van der Waals surface area (Å²) in [6, 6.07) is 6.06. The van der Waals surface area contributed by atoms with E-state index in [-0.39, 0.29) is 10.5 Å². The minimum absolute atomic E-state index is 0.0278. The lowest BCUT2D eigenvalue weighted by Gasteiger charge is -1.99. The van der Waals surface area contributed by atoms with E-state index in [0.717, 1.165) is 0 Å². The van der Waals surface area contributed by atoms with Crippen molar-refractivity contribution in [3.8, 4) is 0 Å². The maximum Gasteiger partial charge on any atom is 0.238 e. The summed E-state index contributed by atoms with van der Waals surface area (Å²) < 4.78 is 21.5. The van der Waals surface area contributed by atoms with E-state index >= 15 is 0 Å². The number of sulfonamides is 1. The molecule has 0 aromatic heterocycles. The predicted octanol–water partition coefficient (Wildman–Crippen LogP) is 0.393. The molecule has 0 unspecified atom stereocenters. The van der Waals surface area contributed by atoms with Crippen LogP contribution in [0.1, 0.15) is 5.56 Å². The highest BCUT2D eigenvalue weighted by molar-refractivity contribution is 7.89. The molecule has 0 aliphatic carbocycles. The van der Waals surface area contributed by atoms with Crippen LogP contribution in [0.2, 0.25) is 0 Å². The lowest BCUT2D eigenvalue weighted by Crippen LogP contribution is -2.13. The molecule has 2 radical (unpaired) electrons. The first-order valence-electron chi connectivity index (χ1n) is 2.89. The molecule has 11 heavy (non-hydrogen) atoms. The van der Waals surface area contributed by atoms with E-state index in [4.69, 9.17) is 12.1 Å². The molecule has 0 saturated carbocycles. The molecule has 0 bridgehead atoms. The third-order valence-corrected chi connectivity index (χ3v) is 2.21. The summed E-state index contributed by atoms with van der Waals surface area (Å²) in [4.78, 5) is -0.0278. The Kier molecular flexibility index (Phi) is 1.97. The molecule has 1 aromatic carbocycles. The molecule has 58 valence electrons. The van der Waals surface area contributed by atoms with Crippen LogP contribution in [0.5, 0.6) is 0 Å². The monoisotopic (exact) mass is 169 g/mol. The van der Waals surface area contributed by atoms with E-state index in [2.05, 4.69) is 0 Å². The molecular weight excluding hydrogens is 162 g/mol. The fraction of sp³-hybridized carbons (Fsp3) is 0. The first-order valence-corrected chi connectivity index (χ1v) is 4.44. The van der Waals surface area contributed by atoms with E-state index in [1.807, 2.05) is 0 Å². The fourth-order valence-corrected chi connectivity index (χ4v) is 1.40. The number of primary sulfonamides is 1. The Hall–Kier alpha value is -0.870. The Morgan fingerprint density at radius 3 is 2.18 bits per heavy atom. The van der Waals surface area contributed by atoms with Crippen molar-refractivity contribution in [1.82, 2.24) is 0 Å². The Morgan fingerprint density at radius 1 is 1.27 bits per heavy atom. The summed E-state index contributed by atoms with van der Waals surface area (Å²) >= 11 is 0. The molecule has 0 aliphatic rings. The van der Waals surface area contributed by atoms with Gasteiger partial charge < -0.3 is 0 Å². The predicted molar refractivity (Wildman–Crippen MR) is 41.2 cm³/mol. The van der Waals surface area contributed by atoms with Gasteiger partial charge in [-0.3, -0.25) is 0 Å². The standard InChI is InChI=1S/C7H7NO2S/c1-6-4-2-3-5-7(6)11(8,9)10/h1-5H,(H2,8,9,10). The third kappa shape index (κ3) is 1.78. The summed E-state index contributed by atoms with van der Waals surface area (Å²) in [7, 11) is -3.66. The van der Waals surface area contributed by atoms with Crippen LogP contribution in [0.25, 0.3) is 0 Å². The molecule has 0 spiro atoms. The van der Waals surface area contributed by atoms with E-state index < -0.39 is 10.0 Å². The zero-order valence-electron chi connectivity index (χ0n) is 5.69. The normalized spacial score (nSPS) is 11.5. The smallest absolute Gasteiger partial charge is 0.225 e. The van der Waals surface area contributed by atoms with Gasteiger partial charge in [-0.2, -0.15) is 0 Å². The minimum Gasteiger partial charge on any atom is -0.225 e. The van der Waals surface area contributed by atoms with Crippen LogP contribution in [0, 0.1) is 6.92 Å². The third-order valence-electron chi connectivity index (χ3n) is 1.23. The first kappa shape index (κ1) is 8.23. The summed E-state index contributed by atoms with van der Waals surface area (Å²) in [5.41, 5.74) is 0.176. The quantitative estimate of drug-likeness (QED) is 0.661. The molecule has 0 heterocycles. The lowest BCUT2D eigenvalue weighted by molar-refractivity contribution is 0.597. The zero-order valence-corrected chi connectivity index (χ0v) is 6.51. The molecular formula is C7H7NO2S. The SMILES string of the molecule is [CH]c1ccccc1S(N)(=O)=O. The maximum atomic E-state index is 10.8. The lowest BCUT2D eigenvalue weighted by atomic mass is 10.2. The van der Waals surface area contributed by atoms with Crippen LogP contribution in [0.3, 0.4) is 0 Å². The fourth-order valence-electron chi connectivity index (χ4n) is 0.740. The van der Waals surface area contributed by atoms with Crippen LogP contribution in [-0.4, -0.2) is 8.42 Å². The van der Waals surface area contributed by atoms with Gasteiger partial charge in [0.25, 0.3) is 0 Å². The van der Waals surface area contributed by atoms with Crippen molar-refractivity contribution in [3.63, 3.8) is 0 Å². The number of benzene rings is 1. The largest absolute Gasteiger partial charge is 0.238 e. The average molecular weight is 169 g/mol. The van der Waals surface area contributed by atoms with E-state index in [1.165, 1.54) is 12.1 Å². The van der Waals surface area contributed by atoms with Crippen molar-refractivity contribution in [2.24, 2.45) is 5.14 Å². The highest BCUT2D eigenvalue weighted by Gasteiger charge is 2.08. The number of nitrogens with two attached hydrogens (primary N) is 1. The topological polar surface area (TPSA) is 60.2 Å². The van der Waals surface area contributed by atoms with E-state index in [9.17, 15) is 8.42 Å². The van der Waals surface area contributed by atoms with Gasteiger partial charge in [0.05, 0.1) is 4.90 Å². The molecule has 0 atom stereocenters. The molecule has 1 rings (SSSR count). The Labute approximate surface area is 65.9 Å². The molecule has 0 fully saturated rings. The van der Waals surface area contributed by atoms with Gasteiger partial charge in [0.2, 0.25) is 10.0 Å². The Balaban J connectivity index is 3.37. The van der Waals surface area contributed by atoms with Gasteiger partial charge in [0, 0.05) is 6.92 Å². The van der Waals surface area contributed by atoms with Gasteiger partial charge in [0.15, 0.2) is 0 Å². The zero-order chi connectivity index (χ0) is 8.48. The summed E-state index contributed by atoms with van der Waals surface area (Å²) in [6.07, 6.45) is 0. The minimum atomic E-state index is -3.66. The number of rotatable bonds is 1. The van der Waals surface area contributed by atoms with Crippen molar-refractivity contribution in [1.29, 1.82) is 0 Å². The highest BCUT2D eigenvalue weighted by Crippen LogP contribution is 2.10. The molecule has 0 saturated heterocycles. The second-order valence-electron chi connectivity index (χ2n) is 2.08. The second kappa shape index (κ2) is 2.64. The highest BCUT2D eigenvalue weighted by atomic mass is 32.2. The molecule has 2 N–H and O–H groups in total. The van der Waals surface area contributed by atoms with Gasteiger partial charge in [-0.05, 0) is 11.6 Å². The average Bonchev–Trinajstić information content (AvgIpc) is 1.86. The molecule has 4 heteroatoms. The van der Waals surface area contributed by atoms with Gasteiger partial charge in [-0.1, -0.05) is 18.2 Å². The summed E-state index contributed by atoms with van der Waals surface area (Å²) in [5.74, 6) is 0. The van der Waals surface area contributed by atoms with Crippen LogP contribution < -0.4 is 5.14 Å². The van der Waals surface area contributed by atoms with Gasteiger partial charge in [-0.25, -0.2) is 13.6 Å². The number of hydrogen-bond donors (Lipinski definition) is 1. The van der Waals surface area contributed by atoms with E-state index in [0.29, 0.717) is 0 Å². The molecule has 3 nitrogen and oxygen atoms in total. The summed E-state index contributed by atoms with van der Waals surface area (Å²) in [6.45, 7) is 5.35. The maximum absolute atomic E-state index is 10.8. The van der Waals surface area contributed by atoms with Crippen molar-refractivity contribution >= 4 is 10.0 Å². The Morgan fingerprint density at radius 2 is 1.82 bits per heavy atom.